The van der Waals surface area contributed by atoms with Crippen LogP contribution in [0.25, 0.3) is 0 Å². The van der Waals surface area contributed by atoms with Crippen LogP contribution in [0.1, 0.15) is 30.6 Å². The average molecular weight is 340 g/mol. The predicted molar refractivity (Wildman–Crippen MR) is 89.9 cm³/mol. The van der Waals surface area contributed by atoms with Gasteiger partial charge in [-0.2, -0.15) is 0 Å². The van der Waals surface area contributed by atoms with Crippen LogP contribution < -0.4 is 10.0 Å². The fourth-order valence-corrected chi connectivity index (χ4v) is 2.73. The summed E-state index contributed by atoms with van der Waals surface area (Å²) in [5.41, 5.74) is 0.414. The maximum absolute atomic E-state index is 11.9. The molecule has 0 saturated heterocycles. The van der Waals surface area contributed by atoms with Crippen molar-refractivity contribution in [3.8, 4) is 0 Å². The molecule has 0 fully saturated rings. The van der Waals surface area contributed by atoms with Gasteiger partial charge in [0.15, 0.2) is 0 Å². The lowest BCUT2D eigenvalue weighted by atomic mass is 10.2. The number of hydrogen-bond acceptors (Lipinski definition) is 4. The molecule has 0 aliphatic carbocycles. The molecule has 128 valence electrons. The van der Waals surface area contributed by atoms with Crippen LogP contribution in [0, 0.1) is 0 Å². The molecule has 0 saturated carbocycles. The first-order chi connectivity index (χ1) is 10.9. The summed E-state index contributed by atoms with van der Waals surface area (Å²) in [4.78, 5) is 12.1. The smallest absolute Gasteiger partial charge is 0.251 e. The Bertz CT molecular complexity index is 609. The van der Waals surface area contributed by atoms with Gasteiger partial charge in [-0.1, -0.05) is 6.08 Å². The first kappa shape index (κ1) is 19.3. The zero-order chi connectivity index (χ0) is 17.3. The second kappa shape index (κ2) is 9.44. The summed E-state index contributed by atoms with van der Waals surface area (Å²) >= 11 is 0. The Morgan fingerprint density at radius 3 is 2.52 bits per heavy atom. The average Bonchev–Trinajstić information content (AvgIpc) is 2.52. The van der Waals surface area contributed by atoms with Gasteiger partial charge in [-0.05, 0) is 44.5 Å². The highest BCUT2D eigenvalue weighted by atomic mass is 32.2. The van der Waals surface area contributed by atoms with Crippen molar-refractivity contribution in [3.63, 3.8) is 0 Å². The molecular weight excluding hydrogens is 316 g/mol. The number of amides is 1. The Kier molecular flexibility index (Phi) is 7.94. The quantitative estimate of drug-likeness (QED) is 0.501. The van der Waals surface area contributed by atoms with Crippen molar-refractivity contribution in [2.24, 2.45) is 0 Å². The lowest BCUT2D eigenvalue weighted by molar-refractivity contribution is 0.0757. The third-order valence-corrected chi connectivity index (χ3v) is 4.34. The normalized spacial score (nSPS) is 11.4. The summed E-state index contributed by atoms with van der Waals surface area (Å²) in [5.74, 6) is -0.238. The molecule has 6 nitrogen and oxygen atoms in total. The van der Waals surface area contributed by atoms with Gasteiger partial charge in [0, 0.05) is 25.3 Å². The predicted octanol–water partition coefficient (Wildman–Crippen LogP) is 1.70. The number of carbonyl (C=O) groups is 1. The molecule has 0 bridgehead atoms. The summed E-state index contributed by atoms with van der Waals surface area (Å²) in [6, 6.07) is 5.79. The molecule has 0 aromatic heterocycles. The van der Waals surface area contributed by atoms with Crippen LogP contribution in [0.15, 0.2) is 41.8 Å². The standard InChI is InChI=1S/C16H24N2O4S/c1-4-10-18-23(20,21)15-8-6-14(7-9-15)16(19)17-11-5-12-22-13(2)3/h4,6-9,13,18H,1,5,10-12H2,2-3H3,(H,17,19). The number of rotatable bonds is 10. The number of hydrogen-bond donors (Lipinski definition) is 2. The van der Waals surface area contributed by atoms with Crippen LogP contribution in [-0.4, -0.2) is 40.1 Å². The minimum absolute atomic E-state index is 0.112. The van der Waals surface area contributed by atoms with E-state index >= 15 is 0 Å². The first-order valence-electron chi connectivity index (χ1n) is 7.47. The zero-order valence-corrected chi connectivity index (χ0v) is 14.4. The van der Waals surface area contributed by atoms with E-state index in [1.165, 1.54) is 30.3 Å². The van der Waals surface area contributed by atoms with Crippen LogP contribution in [0.2, 0.25) is 0 Å². The molecule has 1 aromatic rings. The van der Waals surface area contributed by atoms with Gasteiger partial charge < -0.3 is 10.1 Å². The summed E-state index contributed by atoms with van der Waals surface area (Å²) in [7, 11) is -3.57. The summed E-state index contributed by atoms with van der Waals surface area (Å²) < 4.78 is 31.5. The van der Waals surface area contributed by atoms with Gasteiger partial charge in [-0.15, -0.1) is 6.58 Å². The minimum atomic E-state index is -3.57. The van der Waals surface area contributed by atoms with Crippen molar-refractivity contribution in [2.75, 3.05) is 19.7 Å². The molecule has 1 aromatic carbocycles. The van der Waals surface area contributed by atoms with Gasteiger partial charge in [0.05, 0.1) is 11.0 Å². The Morgan fingerprint density at radius 1 is 1.30 bits per heavy atom. The van der Waals surface area contributed by atoms with Crippen LogP contribution in [0.5, 0.6) is 0 Å². The third kappa shape index (κ3) is 6.94. The molecule has 0 aliphatic rings. The van der Waals surface area contributed by atoms with Crippen molar-refractivity contribution in [1.82, 2.24) is 10.0 Å². The van der Waals surface area contributed by atoms with E-state index in [-0.39, 0.29) is 23.5 Å². The van der Waals surface area contributed by atoms with Gasteiger partial charge in [0.25, 0.3) is 5.91 Å². The van der Waals surface area contributed by atoms with Gasteiger partial charge >= 0.3 is 0 Å². The van der Waals surface area contributed by atoms with E-state index in [0.717, 1.165) is 6.42 Å². The number of carbonyl (C=O) groups excluding carboxylic acids is 1. The highest BCUT2D eigenvalue weighted by Crippen LogP contribution is 2.10. The van der Waals surface area contributed by atoms with Crippen LogP contribution in [-0.2, 0) is 14.8 Å². The maximum atomic E-state index is 11.9. The molecule has 0 spiro atoms. The van der Waals surface area contributed by atoms with Crippen LogP contribution in [0.3, 0.4) is 0 Å². The van der Waals surface area contributed by atoms with E-state index < -0.39 is 10.0 Å². The zero-order valence-electron chi connectivity index (χ0n) is 13.5. The van der Waals surface area contributed by atoms with Crippen molar-refractivity contribution >= 4 is 15.9 Å². The Hall–Kier alpha value is -1.70. The van der Waals surface area contributed by atoms with Crippen LogP contribution >= 0.6 is 0 Å². The van der Waals surface area contributed by atoms with Gasteiger partial charge in [-0.25, -0.2) is 13.1 Å². The molecule has 0 aliphatic heterocycles. The topological polar surface area (TPSA) is 84.5 Å². The van der Waals surface area contributed by atoms with E-state index in [4.69, 9.17) is 4.74 Å². The molecule has 0 atom stereocenters. The van der Waals surface area contributed by atoms with Crippen molar-refractivity contribution in [1.29, 1.82) is 0 Å². The van der Waals surface area contributed by atoms with Crippen molar-refractivity contribution in [3.05, 3.63) is 42.5 Å². The largest absolute Gasteiger partial charge is 0.379 e. The maximum Gasteiger partial charge on any atom is 0.251 e. The first-order valence-corrected chi connectivity index (χ1v) is 8.95. The van der Waals surface area contributed by atoms with E-state index in [1.807, 2.05) is 13.8 Å². The van der Waals surface area contributed by atoms with Crippen molar-refractivity contribution in [2.45, 2.75) is 31.3 Å². The summed E-state index contributed by atoms with van der Waals surface area (Å²) in [6.45, 7) is 8.62. The number of nitrogens with one attached hydrogen (secondary N) is 2. The number of ether oxygens (including phenoxy) is 1. The van der Waals surface area contributed by atoms with E-state index in [1.54, 1.807) is 0 Å². The molecule has 7 heteroatoms. The van der Waals surface area contributed by atoms with Gasteiger partial charge in [-0.3, -0.25) is 4.79 Å². The van der Waals surface area contributed by atoms with E-state index in [0.29, 0.717) is 18.7 Å². The molecule has 23 heavy (non-hydrogen) atoms. The Morgan fingerprint density at radius 2 is 1.96 bits per heavy atom. The fraction of sp³-hybridized carbons (Fsp3) is 0.438. The van der Waals surface area contributed by atoms with Crippen molar-refractivity contribution < 1.29 is 17.9 Å². The highest BCUT2D eigenvalue weighted by Gasteiger charge is 2.13. The second-order valence-electron chi connectivity index (χ2n) is 5.19. The fourth-order valence-electron chi connectivity index (χ4n) is 1.73. The Balaban J connectivity index is 2.52. The molecule has 0 radical (unpaired) electrons. The second-order valence-corrected chi connectivity index (χ2v) is 6.96. The van der Waals surface area contributed by atoms with E-state index in [9.17, 15) is 13.2 Å². The van der Waals surface area contributed by atoms with E-state index in [2.05, 4.69) is 16.6 Å². The van der Waals surface area contributed by atoms with Gasteiger partial charge in [0.1, 0.15) is 0 Å². The highest BCUT2D eigenvalue weighted by molar-refractivity contribution is 7.89. The van der Waals surface area contributed by atoms with Gasteiger partial charge in [0.2, 0.25) is 10.0 Å². The molecule has 1 rings (SSSR count). The minimum Gasteiger partial charge on any atom is -0.379 e. The monoisotopic (exact) mass is 340 g/mol. The summed E-state index contributed by atoms with van der Waals surface area (Å²) in [6.07, 6.45) is 2.36. The molecule has 2 N–H and O–H groups in total. The number of benzene rings is 1. The third-order valence-electron chi connectivity index (χ3n) is 2.90. The number of sulfonamides is 1. The molecular formula is C16H24N2O4S. The lowest BCUT2D eigenvalue weighted by Crippen LogP contribution is -2.26. The molecule has 0 heterocycles. The Labute approximate surface area is 138 Å². The molecule has 1 amide bonds. The summed E-state index contributed by atoms with van der Waals surface area (Å²) in [5, 5.41) is 2.77. The van der Waals surface area contributed by atoms with Crippen LogP contribution in [0.4, 0.5) is 0 Å². The molecule has 0 unspecified atom stereocenters. The lowest BCUT2D eigenvalue weighted by Gasteiger charge is -2.09. The SMILES string of the molecule is C=CCNS(=O)(=O)c1ccc(C(=O)NCCCOC(C)C)cc1.